The molecule has 1 aromatic carbocycles. The van der Waals surface area contributed by atoms with Crippen LogP contribution in [0.1, 0.15) is 112 Å². The number of carbonyl (C=O) groups excluding carboxylic acids is 1. The predicted molar refractivity (Wildman–Crippen MR) is 189 cm³/mol. The molecule has 2 heterocycles. The molecule has 0 aliphatic heterocycles. The molecule has 1 aliphatic rings. The first-order chi connectivity index (χ1) is 21.7. The average Bonchev–Trinajstić information content (AvgIpc) is 3.45. The lowest BCUT2D eigenvalue weighted by molar-refractivity contribution is 0.101. The van der Waals surface area contributed by atoms with Crippen molar-refractivity contribution in [2.45, 2.75) is 99.3 Å². The van der Waals surface area contributed by atoms with E-state index in [4.69, 9.17) is 4.98 Å². The second-order valence-electron chi connectivity index (χ2n) is 13.0. The predicted octanol–water partition coefficient (Wildman–Crippen LogP) is 9.32. The van der Waals surface area contributed by atoms with Crippen molar-refractivity contribution in [3.8, 4) is 5.82 Å². The Morgan fingerprint density at radius 3 is 2.60 bits per heavy atom. The van der Waals surface area contributed by atoms with Crippen molar-refractivity contribution >= 4 is 11.4 Å². The molecule has 1 aliphatic carbocycles. The quantitative estimate of drug-likeness (QED) is 0.128. The van der Waals surface area contributed by atoms with Gasteiger partial charge in [-0.1, -0.05) is 81.7 Å². The molecule has 5 heteroatoms. The van der Waals surface area contributed by atoms with E-state index >= 15 is 0 Å². The topological polar surface area (TPSA) is 51.0 Å². The number of likely N-dealkylation sites (N-methyl/N-ethyl adjacent to an activating group) is 1. The van der Waals surface area contributed by atoms with E-state index in [0.29, 0.717) is 5.56 Å². The Bertz CT molecular complexity index is 1540. The minimum absolute atomic E-state index is 0.0460. The van der Waals surface area contributed by atoms with Gasteiger partial charge in [0, 0.05) is 6.54 Å². The molecular weight excluding hydrogens is 552 g/mol. The van der Waals surface area contributed by atoms with Crippen LogP contribution in [0.4, 0.5) is 0 Å². The van der Waals surface area contributed by atoms with Crippen molar-refractivity contribution in [1.29, 1.82) is 0 Å². The molecular formula is C40H54N4O. The second kappa shape index (κ2) is 16.7. The first kappa shape index (κ1) is 34.3. The standard InChI is InChI=1S/C40H54N4O/c1-8-14-39-37(32(6)45)28-41-44(39)40-18-13-17-38(42-40)36-16-12-10-11-15-31(5)35(36)22-21-33-20-19-30(4)34(27-33)24-26-43(7)25-23-29(3)9-2/h10,12-13,15,17-20,27-29H,8-9,11,14,16,21-26H2,1-7H3/b12-10-,31-15-,36-35+. The van der Waals surface area contributed by atoms with E-state index < -0.39 is 0 Å². The van der Waals surface area contributed by atoms with Gasteiger partial charge in [0.25, 0.3) is 0 Å². The third-order valence-electron chi connectivity index (χ3n) is 9.43. The highest BCUT2D eigenvalue weighted by Gasteiger charge is 2.18. The van der Waals surface area contributed by atoms with Gasteiger partial charge >= 0.3 is 0 Å². The fourth-order valence-corrected chi connectivity index (χ4v) is 6.17. The third-order valence-corrected chi connectivity index (χ3v) is 9.43. The number of hydrogen-bond acceptors (Lipinski definition) is 4. The molecule has 1 unspecified atom stereocenters. The molecule has 0 saturated carbocycles. The Hall–Kier alpha value is -3.57. The van der Waals surface area contributed by atoms with Crippen molar-refractivity contribution < 1.29 is 4.79 Å². The number of nitrogens with zero attached hydrogens (tertiary/aromatic N) is 4. The molecule has 0 saturated heterocycles. The van der Waals surface area contributed by atoms with Gasteiger partial charge in [0.1, 0.15) is 0 Å². The van der Waals surface area contributed by atoms with E-state index in [1.165, 1.54) is 46.3 Å². The highest BCUT2D eigenvalue weighted by atomic mass is 16.1. The maximum Gasteiger partial charge on any atom is 0.163 e. The summed E-state index contributed by atoms with van der Waals surface area (Å²) in [4.78, 5) is 20.0. The molecule has 0 N–H and O–H groups in total. The maximum atomic E-state index is 12.3. The van der Waals surface area contributed by atoms with E-state index in [1.54, 1.807) is 13.1 Å². The number of pyridine rings is 1. The molecule has 45 heavy (non-hydrogen) atoms. The van der Waals surface area contributed by atoms with Gasteiger partial charge in [-0.15, -0.1) is 0 Å². The molecule has 0 fully saturated rings. The molecule has 2 aromatic heterocycles. The van der Waals surface area contributed by atoms with E-state index in [1.807, 2.05) is 10.7 Å². The Kier molecular flexibility index (Phi) is 12.7. The first-order valence-corrected chi connectivity index (χ1v) is 17.1. The number of benzene rings is 1. The monoisotopic (exact) mass is 606 g/mol. The van der Waals surface area contributed by atoms with Crippen LogP contribution in [-0.4, -0.2) is 45.6 Å². The maximum absolute atomic E-state index is 12.3. The summed E-state index contributed by atoms with van der Waals surface area (Å²) in [6.45, 7) is 15.1. The fourth-order valence-electron chi connectivity index (χ4n) is 6.17. The molecule has 0 bridgehead atoms. The summed E-state index contributed by atoms with van der Waals surface area (Å²) in [6, 6.07) is 13.3. The third kappa shape index (κ3) is 9.23. The Morgan fingerprint density at radius 2 is 1.84 bits per heavy atom. The highest BCUT2D eigenvalue weighted by Crippen LogP contribution is 2.32. The summed E-state index contributed by atoms with van der Waals surface area (Å²) >= 11 is 0. The van der Waals surface area contributed by atoms with Gasteiger partial charge in [0.05, 0.1) is 23.1 Å². The number of aromatic nitrogens is 3. The lowest BCUT2D eigenvalue weighted by Gasteiger charge is -2.20. The Morgan fingerprint density at radius 1 is 1.02 bits per heavy atom. The first-order valence-electron chi connectivity index (χ1n) is 17.1. The van der Waals surface area contributed by atoms with Crippen LogP contribution in [0.15, 0.2) is 72.0 Å². The van der Waals surface area contributed by atoms with Gasteiger partial charge in [-0.3, -0.25) is 4.79 Å². The number of hydrogen-bond donors (Lipinski definition) is 0. The molecule has 0 spiro atoms. The van der Waals surface area contributed by atoms with Crippen LogP contribution in [0, 0.1) is 12.8 Å². The Labute approximate surface area is 272 Å². The number of rotatable bonds is 15. The Balaban J connectivity index is 1.59. The van der Waals surface area contributed by atoms with Crippen molar-refractivity contribution in [1.82, 2.24) is 19.7 Å². The zero-order chi connectivity index (χ0) is 32.3. The second-order valence-corrected chi connectivity index (χ2v) is 13.0. The lowest BCUT2D eigenvalue weighted by atomic mass is 9.88. The largest absolute Gasteiger partial charge is 0.306 e. The van der Waals surface area contributed by atoms with Crippen molar-refractivity contribution in [3.63, 3.8) is 0 Å². The molecule has 3 aromatic rings. The van der Waals surface area contributed by atoms with Crippen LogP contribution in [0.25, 0.3) is 11.4 Å². The summed E-state index contributed by atoms with van der Waals surface area (Å²) in [5.74, 6) is 1.60. The molecule has 1 atom stereocenters. The zero-order valence-corrected chi connectivity index (χ0v) is 28.8. The van der Waals surface area contributed by atoms with Crippen LogP contribution < -0.4 is 0 Å². The van der Waals surface area contributed by atoms with Crippen LogP contribution >= 0.6 is 0 Å². The van der Waals surface area contributed by atoms with E-state index in [9.17, 15) is 4.79 Å². The lowest BCUT2D eigenvalue weighted by Crippen LogP contribution is -2.24. The van der Waals surface area contributed by atoms with Crippen LogP contribution in [0.3, 0.4) is 0 Å². The number of carbonyl (C=O) groups is 1. The van der Waals surface area contributed by atoms with Crippen molar-refractivity contribution in [2.75, 3.05) is 20.1 Å². The van der Waals surface area contributed by atoms with E-state index in [0.717, 1.165) is 81.2 Å². The highest BCUT2D eigenvalue weighted by molar-refractivity contribution is 5.95. The molecule has 0 radical (unpaired) electrons. The van der Waals surface area contributed by atoms with Gasteiger partial charge in [-0.05, 0) is 125 Å². The zero-order valence-electron chi connectivity index (χ0n) is 28.8. The minimum atomic E-state index is 0.0460. The van der Waals surface area contributed by atoms with Crippen molar-refractivity contribution in [3.05, 3.63) is 106 Å². The summed E-state index contributed by atoms with van der Waals surface area (Å²) in [5.41, 5.74) is 10.8. The van der Waals surface area contributed by atoms with Gasteiger partial charge < -0.3 is 4.90 Å². The summed E-state index contributed by atoms with van der Waals surface area (Å²) in [5, 5.41) is 4.61. The summed E-state index contributed by atoms with van der Waals surface area (Å²) in [7, 11) is 2.26. The fraction of sp³-hybridized carbons (Fsp3) is 0.475. The molecule has 5 nitrogen and oxygen atoms in total. The van der Waals surface area contributed by atoms with Gasteiger partial charge in [0.2, 0.25) is 0 Å². The summed E-state index contributed by atoms with van der Waals surface area (Å²) < 4.78 is 1.86. The number of aryl methyl sites for hydroxylation is 2. The van der Waals surface area contributed by atoms with Crippen LogP contribution in [-0.2, 0) is 19.3 Å². The number of Topliss-reactive ketones (excluding diaryl/α,β-unsaturated/α-hetero) is 1. The van der Waals surface area contributed by atoms with Crippen LogP contribution in [0.5, 0.6) is 0 Å². The minimum Gasteiger partial charge on any atom is -0.306 e. The van der Waals surface area contributed by atoms with E-state index in [-0.39, 0.29) is 5.78 Å². The molecule has 4 rings (SSSR count). The SMILES string of the molecule is CCCc1c(C(C)=O)cnn1-c1cccc(/C2=C(CCc3ccc(C)c(CCN(C)CCC(C)CC)c3)/C(C)=C\C/C=C\C2)n1. The van der Waals surface area contributed by atoms with Gasteiger partial charge in [-0.2, -0.15) is 5.10 Å². The van der Waals surface area contributed by atoms with Crippen LogP contribution in [0.2, 0.25) is 0 Å². The van der Waals surface area contributed by atoms with E-state index in [2.05, 4.69) is 100 Å². The molecule has 0 amide bonds. The normalized spacial score (nSPS) is 17.9. The number of allylic oxidation sites excluding steroid dienone is 6. The molecule has 240 valence electrons. The smallest absolute Gasteiger partial charge is 0.163 e. The average molecular weight is 607 g/mol. The van der Waals surface area contributed by atoms with Gasteiger partial charge in [0.15, 0.2) is 11.6 Å². The number of ketones is 1. The summed E-state index contributed by atoms with van der Waals surface area (Å²) in [6.07, 6.45) is 17.7. The van der Waals surface area contributed by atoms with Crippen molar-refractivity contribution in [2.24, 2.45) is 5.92 Å². The van der Waals surface area contributed by atoms with Gasteiger partial charge in [-0.25, -0.2) is 9.67 Å².